The SMILES string of the molecule is C/C=C/c1nc2c(c(NC)n1)C=CC=CC2.CC. The van der Waals surface area contributed by atoms with Crippen LogP contribution < -0.4 is 5.32 Å². The number of nitrogens with one attached hydrogen (secondary N) is 1. The van der Waals surface area contributed by atoms with Crippen molar-refractivity contribution >= 4 is 18.0 Å². The van der Waals surface area contributed by atoms with E-state index >= 15 is 0 Å². The van der Waals surface area contributed by atoms with Crippen molar-refractivity contribution in [1.82, 2.24) is 9.97 Å². The summed E-state index contributed by atoms with van der Waals surface area (Å²) in [6, 6.07) is 0. The number of rotatable bonds is 2. The van der Waals surface area contributed by atoms with Gasteiger partial charge in [0.15, 0.2) is 5.82 Å². The van der Waals surface area contributed by atoms with Gasteiger partial charge in [0, 0.05) is 19.0 Å². The van der Waals surface area contributed by atoms with Crippen LogP contribution in [0.15, 0.2) is 24.3 Å². The van der Waals surface area contributed by atoms with Crippen LogP contribution in [0.2, 0.25) is 0 Å². The van der Waals surface area contributed by atoms with Gasteiger partial charge in [0.25, 0.3) is 0 Å². The first-order valence-corrected chi connectivity index (χ1v) is 6.39. The second-order valence-corrected chi connectivity index (χ2v) is 3.53. The number of anilines is 1. The quantitative estimate of drug-likeness (QED) is 0.860. The molecule has 0 bridgehead atoms. The minimum atomic E-state index is 0.759. The predicted molar refractivity (Wildman–Crippen MR) is 79.5 cm³/mol. The van der Waals surface area contributed by atoms with Crippen LogP contribution in [0.1, 0.15) is 37.9 Å². The van der Waals surface area contributed by atoms with Gasteiger partial charge >= 0.3 is 0 Å². The highest BCUT2D eigenvalue weighted by molar-refractivity contribution is 5.68. The normalized spacial score (nSPS) is 12.7. The fourth-order valence-electron chi connectivity index (χ4n) is 1.69. The summed E-state index contributed by atoms with van der Waals surface area (Å²) in [6.07, 6.45) is 12.9. The van der Waals surface area contributed by atoms with Crippen molar-refractivity contribution in [2.45, 2.75) is 27.2 Å². The molecular formula is C15H21N3. The highest BCUT2D eigenvalue weighted by atomic mass is 15.0. The summed E-state index contributed by atoms with van der Waals surface area (Å²) in [6.45, 7) is 5.97. The van der Waals surface area contributed by atoms with Crippen molar-refractivity contribution in [2.75, 3.05) is 12.4 Å². The van der Waals surface area contributed by atoms with Gasteiger partial charge in [-0.1, -0.05) is 38.2 Å². The third kappa shape index (κ3) is 3.29. The third-order valence-corrected chi connectivity index (χ3v) is 2.42. The highest BCUT2D eigenvalue weighted by Gasteiger charge is 2.10. The van der Waals surface area contributed by atoms with Crippen molar-refractivity contribution in [3.05, 3.63) is 41.4 Å². The molecule has 1 aromatic heterocycles. The molecule has 1 aromatic rings. The number of nitrogens with zero attached hydrogens (tertiary/aromatic N) is 2. The number of hydrogen-bond acceptors (Lipinski definition) is 3. The van der Waals surface area contributed by atoms with E-state index in [4.69, 9.17) is 0 Å². The standard InChI is InChI=1S/C13H15N3.C2H6/c1-3-7-12-15-11-9-6-4-5-8-10(11)13(14-2)16-12;1-2/h3-8H,9H2,1-2H3,(H,14,15,16);1-2H3/b7-3+;. The van der Waals surface area contributed by atoms with Crippen molar-refractivity contribution < 1.29 is 0 Å². The number of aromatic nitrogens is 2. The molecule has 0 radical (unpaired) electrons. The Morgan fingerprint density at radius 2 is 2.00 bits per heavy atom. The Hall–Kier alpha value is -1.90. The molecule has 1 aliphatic carbocycles. The fraction of sp³-hybridized carbons (Fsp3) is 0.333. The summed E-state index contributed by atoms with van der Waals surface area (Å²) in [4.78, 5) is 8.98. The fourth-order valence-corrected chi connectivity index (χ4v) is 1.69. The van der Waals surface area contributed by atoms with Crippen LogP contribution in [0.4, 0.5) is 5.82 Å². The van der Waals surface area contributed by atoms with E-state index in [2.05, 4.69) is 21.4 Å². The zero-order valence-corrected chi connectivity index (χ0v) is 11.6. The van der Waals surface area contributed by atoms with Crippen LogP contribution in [-0.2, 0) is 6.42 Å². The van der Waals surface area contributed by atoms with E-state index < -0.39 is 0 Å². The lowest BCUT2D eigenvalue weighted by molar-refractivity contribution is 1.02. The number of fused-ring (bicyclic) bond motifs is 1. The van der Waals surface area contributed by atoms with Crippen LogP contribution in [0.3, 0.4) is 0 Å². The Balaban J connectivity index is 0.000000771. The molecule has 1 aliphatic rings. The van der Waals surface area contributed by atoms with E-state index in [1.54, 1.807) is 0 Å². The van der Waals surface area contributed by atoms with Crippen molar-refractivity contribution in [2.24, 2.45) is 0 Å². The van der Waals surface area contributed by atoms with Gasteiger partial charge < -0.3 is 5.32 Å². The molecule has 0 aromatic carbocycles. The maximum Gasteiger partial charge on any atom is 0.154 e. The van der Waals surface area contributed by atoms with Crippen LogP contribution in [-0.4, -0.2) is 17.0 Å². The summed E-state index contributed by atoms with van der Waals surface area (Å²) in [5.74, 6) is 1.65. The van der Waals surface area contributed by atoms with Gasteiger partial charge in [0.2, 0.25) is 0 Å². The molecule has 0 saturated carbocycles. The summed E-state index contributed by atoms with van der Waals surface area (Å²) in [5, 5.41) is 3.12. The first-order valence-electron chi connectivity index (χ1n) is 6.39. The van der Waals surface area contributed by atoms with E-state index in [1.165, 1.54) is 0 Å². The predicted octanol–water partition coefficient (Wildman–Crippen LogP) is 3.70. The maximum atomic E-state index is 4.53. The largest absolute Gasteiger partial charge is 0.373 e. The second kappa shape index (κ2) is 7.43. The Kier molecular flexibility index (Phi) is 5.85. The Morgan fingerprint density at radius 1 is 1.22 bits per heavy atom. The van der Waals surface area contributed by atoms with E-state index in [0.29, 0.717) is 0 Å². The second-order valence-electron chi connectivity index (χ2n) is 3.53. The van der Waals surface area contributed by atoms with Gasteiger partial charge in [-0.05, 0) is 19.1 Å². The molecule has 0 atom stereocenters. The van der Waals surface area contributed by atoms with Crippen LogP contribution in [0, 0.1) is 0 Å². The minimum absolute atomic E-state index is 0.759. The smallest absolute Gasteiger partial charge is 0.154 e. The Morgan fingerprint density at radius 3 is 2.67 bits per heavy atom. The lowest BCUT2D eigenvalue weighted by Crippen LogP contribution is -2.04. The highest BCUT2D eigenvalue weighted by Crippen LogP contribution is 2.21. The topological polar surface area (TPSA) is 37.8 Å². The molecule has 0 saturated heterocycles. The van der Waals surface area contributed by atoms with Gasteiger partial charge in [0.1, 0.15) is 5.82 Å². The van der Waals surface area contributed by atoms with Crippen molar-refractivity contribution in [3.63, 3.8) is 0 Å². The molecule has 1 heterocycles. The molecule has 96 valence electrons. The van der Waals surface area contributed by atoms with Crippen LogP contribution in [0.5, 0.6) is 0 Å². The number of allylic oxidation sites excluding steroid dienone is 4. The molecular weight excluding hydrogens is 222 g/mol. The lowest BCUT2D eigenvalue weighted by Gasteiger charge is -2.09. The molecule has 0 fully saturated rings. The first-order chi connectivity index (χ1) is 8.85. The zero-order chi connectivity index (χ0) is 13.4. The monoisotopic (exact) mass is 243 g/mol. The van der Waals surface area contributed by atoms with Crippen LogP contribution in [0.25, 0.3) is 12.2 Å². The van der Waals surface area contributed by atoms with E-state index in [-0.39, 0.29) is 0 Å². The van der Waals surface area contributed by atoms with Gasteiger partial charge in [-0.25, -0.2) is 9.97 Å². The summed E-state index contributed by atoms with van der Waals surface area (Å²) < 4.78 is 0. The molecule has 0 unspecified atom stereocenters. The minimum Gasteiger partial charge on any atom is -0.373 e. The molecule has 0 spiro atoms. The molecule has 2 rings (SSSR count). The van der Waals surface area contributed by atoms with Gasteiger partial charge in [-0.2, -0.15) is 0 Å². The van der Waals surface area contributed by atoms with Gasteiger partial charge in [-0.15, -0.1) is 0 Å². The molecule has 18 heavy (non-hydrogen) atoms. The van der Waals surface area contributed by atoms with E-state index in [1.807, 2.05) is 58.2 Å². The average Bonchev–Trinajstić information content (AvgIpc) is 2.65. The molecule has 1 N–H and O–H groups in total. The zero-order valence-electron chi connectivity index (χ0n) is 11.6. The van der Waals surface area contributed by atoms with Crippen LogP contribution >= 0.6 is 0 Å². The maximum absolute atomic E-state index is 4.53. The summed E-state index contributed by atoms with van der Waals surface area (Å²) >= 11 is 0. The first kappa shape index (κ1) is 14.2. The summed E-state index contributed by atoms with van der Waals surface area (Å²) in [7, 11) is 1.88. The third-order valence-electron chi connectivity index (χ3n) is 2.42. The van der Waals surface area contributed by atoms with Gasteiger partial charge in [-0.3, -0.25) is 0 Å². The number of hydrogen-bond donors (Lipinski definition) is 1. The molecule has 0 aliphatic heterocycles. The average molecular weight is 243 g/mol. The lowest BCUT2D eigenvalue weighted by atomic mass is 10.1. The van der Waals surface area contributed by atoms with E-state index in [9.17, 15) is 0 Å². The van der Waals surface area contributed by atoms with Crippen molar-refractivity contribution in [1.29, 1.82) is 0 Å². The van der Waals surface area contributed by atoms with Gasteiger partial charge in [0.05, 0.1) is 5.69 Å². The molecule has 3 heteroatoms. The summed E-state index contributed by atoms with van der Waals surface area (Å²) in [5.41, 5.74) is 2.15. The Labute approximate surface area is 109 Å². The molecule has 3 nitrogen and oxygen atoms in total. The Bertz CT molecular complexity index is 471. The molecule has 0 amide bonds. The van der Waals surface area contributed by atoms with E-state index in [0.717, 1.165) is 29.3 Å². The van der Waals surface area contributed by atoms with Crippen molar-refractivity contribution in [3.8, 4) is 0 Å².